The molecule has 0 aromatic rings. The molecule has 2 rings (SSSR count). The molecular formula is C10H15N3O3. The Morgan fingerprint density at radius 3 is 3.00 bits per heavy atom. The average molecular weight is 225 g/mol. The van der Waals surface area contributed by atoms with Gasteiger partial charge < -0.3 is 19.7 Å². The van der Waals surface area contributed by atoms with E-state index < -0.39 is 12.2 Å². The summed E-state index contributed by atoms with van der Waals surface area (Å²) in [5.41, 5.74) is 0. The van der Waals surface area contributed by atoms with Gasteiger partial charge in [0.2, 0.25) is 0 Å². The second-order valence-electron chi connectivity index (χ2n) is 3.84. The first kappa shape index (κ1) is 11.3. The largest absolute Gasteiger partial charge is 0.366 e. The number of nitrogens with one attached hydrogen (secondary N) is 1. The summed E-state index contributed by atoms with van der Waals surface area (Å²) in [4.78, 5) is 13.7. The quantitative estimate of drug-likeness (QED) is 0.602. The molecule has 2 atom stereocenters. The number of amides is 1. The summed E-state index contributed by atoms with van der Waals surface area (Å²) >= 11 is 0. The van der Waals surface area contributed by atoms with E-state index in [-0.39, 0.29) is 5.91 Å². The summed E-state index contributed by atoms with van der Waals surface area (Å²) in [6.45, 7) is 3.19. The predicted octanol–water partition coefficient (Wildman–Crippen LogP) is -1.27. The Morgan fingerprint density at radius 1 is 1.44 bits per heavy atom. The summed E-state index contributed by atoms with van der Waals surface area (Å²) in [6, 6.07) is 2.02. The topological polar surface area (TPSA) is 74.6 Å². The van der Waals surface area contributed by atoms with Crippen LogP contribution >= 0.6 is 0 Å². The molecule has 2 aliphatic heterocycles. The Kier molecular flexibility index (Phi) is 3.72. The molecule has 2 aliphatic rings. The van der Waals surface area contributed by atoms with Gasteiger partial charge in [0.05, 0.1) is 25.8 Å². The van der Waals surface area contributed by atoms with E-state index in [1.807, 2.05) is 6.07 Å². The number of nitrogens with zero attached hydrogens (tertiary/aromatic N) is 2. The van der Waals surface area contributed by atoms with Crippen molar-refractivity contribution < 1.29 is 14.3 Å². The summed E-state index contributed by atoms with van der Waals surface area (Å²) in [7, 11) is 0. The molecule has 2 unspecified atom stereocenters. The van der Waals surface area contributed by atoms with Crippen molar-refractivity contribution in [2.24, 2.45) is 0 Å². The SMILES string of the molecule is N#CC1CN(C(=O)C2CNCCO2)CCO1. The van der Waals surface area contributed by atoms with Crippen molar-refractivity contribution in [1.82, 2.24) is 10.2 Å². The van der Waals surface area contributed by atoms with Crippen LogP contribution in [0.1, 0.15) is 0 Å². The van der Waals surface area contributed by atoms with Crippen molar-refractivity contribution >= 4 is 5.91 Å². The van der Waals surface area contributed by atoms with Crippen LogP contribution in [-0.2, 0) is 14.3 Å². The third-order valence-corrected chi connectivity index (χ3v) is 2.73. The number of carbonyl (C=O) groups excluding carboxylic acids is 1. The molecule has 16 heavy (non-hydrogen) atoms. The molecular weight excluding hydrogens is 210 g/mol. The number of rotatable bonds is 1. The van der Waals surface area contributed by atoms with E-state index in [1.54, 1.807) is 4.90 Å². The van der Waals surface area contributed by atoms with Crippen LogP contribution < -0.4 is 5.32 Å². The van der Waals surface area contributed by atoms with Gasteiger partial charge in [-0.3, -0.25) is 4.79 Å². The Balaban J connectivity index is 1.90. The number of nitriles is 1. The minimum atomic E-state index is -0.505. The molecule has 2 fully saturated rings. The highest BCUT2D eigenvalue weighted by molar-refractivity contribution is 5.81. The van der Waals surface area contributed by atoms with Crippen LogP contribution in [-0.4, -0.2) is 62.4 Å². The normalized spacial score (nSPS) is 30.8. The van der Waals surface area contributed by atoms with Crippen LogP contribution in [0.4, 0.5) is 0 Å². The van der Waals surface area contributed by atoms with Crippen LogP contribution in [0.15, 0.2) is 0 Å². The van der Waals surface area contributed by atoms with Crippen LogP contribution in [0, 0.1) is 11.3 Å². The van der Waals surface area contributed by atoms with Gasteiger partial charge in [0.15, 0.2) is 6.10 Å². The minimum Gasteiger partial charge on any atom is -0.366 e. The maximum absolute atomic E-state index is 12.0. The Labute approximate surface area is 94.1 Å². The summed E-state index contributed by atoms with van der Waals surface area (Å²) in [6.07, 6.45) is -0.916. The second kappa shape index (κ2) is 5.25. The first-order chi connectivity index (χ1) is 7.81. The molecule has 1 amide bonds. The van der Waals surface area contributed by atoms with Crippen molar-refractivity contribution in [2.45, 2.75) is 12.2 Å². The van der Waals surface area contributed by atoms with Gasteiger partial charge in [-0.2, -0.15) is 5.26 Å². The Hall–Kier alpha value is -1.16. The number of morpholine rings is 2. The molecule has 0 aliphatic carbocycles. The van der Waals surface area contributed by atoms with Crippen molar-refractivity contribution in [3.8, 4) is 6.07 Å². The first-order valence-corrected chi connectivity index (χ1v) is 5.43. The van der Waals surface area contributed by atoms with E-state index in [2.05, 4.69) is 5.32 Å². The molecule has 0 spiro atoms. The van der Waals surface area contributed by atoms with Gasteiger partial charge in [-0.05, 0) is 0 Å². The van der Waals surface area contributed by atoms with Crippen molar-refractivity contribution in [1.29, 1.82) is 5.26 Å². The first-order valence-electron chi connectivity index (χ1n) is 5.43. The summed E-state index contributed by atoms with van der Waals surface area (Å²) in [5.74, 6) is -0.0456. The zero-order valence-corrected chi connectivity index (χ0v) is 9.02. The monoisotopic (exact) mass is 225 g/mol. The van der Waals surface area contributed by atoms with Gasteiger partial charge in [0.25, 0.3) is 5.91 Å². The molecule has 2 heterocycles. The predicted molar refractivity (Wildman–Crippen MR) is 54.5 cm³/mol. The van der Waals surface area contributed by atoms with E-state index in [0.29, 0.717) is 32.8 Å². The maximum atomic E-state index is 12.0. The second-order valence-corrected chi connectivity index (χ2v) is 3.84. The van der Waals surface area contributed by atoms with Gasteiger partial charge >= 0.3 is 0 Å². The highest BCUT2D eigenvalue weighted by Crippen LogP contribution is 2.08. The molecule has 88 valence electrons. The van der Waals surface area contributed by atoms with Crippen molar-refractivity contribution in [2.75, 3.05) is 39.4 Å². The standard InChI is InChI=1S/C10H15N3O3/c11-5-8-7-13(2-4-15-8)10(14)9-6-12-1-3-16-9/h8-9,12H,1-4,6-7H2. The molecule has 0 saturated carbocycles. The lowest BCUT2D eigenvalue weighted by Gasteiger charge is -2.33. The number of carbonyl (C=O) groups is 1. The minimum absolute atomic E-state index is 0.0456. The highest BCUT2D eigenvalue weighted by Gasteiger charge is 2.30. The summed E-state index contributed by atoms with van der Waals surface area (Å²) < 4.78 is 10.6. The van der Waals surface area contributed by atoms with Gasteiger partial charge in [-0.25, -0.2) is 0 Å². The van der Waals surface area contributed by atoms with Crippen molar-refractivity contribution in [3.63, 3.8) is 0 Å². The number of hydrogen-bond acceptors (Lipinski definition) is 5. The summed E-state index contributed by atoms with van der Waals surface area (Å²) in [5, 5.41) is 11.9. The molecule has 2 saturated heterocycles. The third-order valence-electron chi connectivity index (χ3n) is 2.73. The molecule has 0 bridgehead atoms. The van der Waals surface area contributed by atoms with E-state index in [4.69, 9.17) is 14.7 Å². The van der Waals surface area contributed by atoms with Gasteiger partial charge in [0, 0.05) is 19.6 Å². The fraction of sp³-hybridized carbons (Fsp3) is 0.800. The Morgan fingerprint density at radius 2 is 2.31 bits per heavy atom. The van der Waals surface area contributed by atoms with Gasteiger partial charge in [0.1, 0.15) is 6.10 Å². The van der Waals surface area contributed by atoms with Crippen LogP contribution in [0.5, 0.6) is 0 Å². The maximum Gasteiger partial charge on any atom is 0.253 e. The lowest BCUT2D eigenvalue weighted by Crippen LogP contribution is -2.53. The fourth-order valence-electron chi connectivity index (χ4n) is 1.86. The lowest BCUT2D eigenvalue weighted by atomic mass is 10.2. The third kappa shape index (κ3) is 2.50. The Bertz CT molecular complexity index is 296. The van der Waals surface area contributed by atoms with E-state index in [9.17, 15) is 4.79 Å². The van der Waals surface area contributed by atoms with E-state index in [1.165, 1.54) is 0 Å². The zero-order valence-electron chi connectivity index (χ0n) is 9.02. The number of ether oxygens (including phenoxy) is 2. The molecule has 1 N–H and O–H groups in total. The lowest BCUT2D eigenvalue weighted by molar-refractivity contribution is -0.150. The molecule has 6 nitrogen and oxygen atoms in total. The molecule has 0 aromatic carbocycles. The molecule has 0 radical (unpaired) electrons. The fourth-order valence-corrected chi connectivity index (χ4v) is 1.86. The highest BCUT2D eigenvalue weighted by atomic mass is 16.5. The van der Waals surface area contributed by atoms with E-state index >= 15 is 0 Å². The van der Waals surface area contributed by atoms with E-state index in [0.717, 1.165) is 6.54 Å². The van der Waals surface area contributed by atoms with Crippen molar-refractivity contribution in [3.05, 3.63) is 0 Å². The molecule has 0 aromatic heterocycles. The van der Waals surface area contributed by atoms with Gasteiger partial charge in [-0.1, -0.05) is 0 Å². The smallest absolute Gasteiger partial charge is 0.253 e. The zero-order chi connectivity index (χ0) is 11.4. The average Bonchev–Trinajstić information content (AvgIpc) is 2.39. The van der Waals surface area contributed by atoms with Crippen LogP contribution in [0.3, 0.4) is 0 Å². The molecule has 6 heteroatoms. The van der Waals surface area contributed by atoms with Crippen LogP contribution in [0.25, 0.3) is 0 Å². The number of hydrogen-bond donors (Lipinski definition) is 1. The van der Waals surface area contributed by atoms with Crippen LogP contribution in [0.2, 0.25) is 0 Å². The van der Waals surface area contributed by atoms with Gasteiger partial charge in [-0.15, -0.1) is 0 Å².